The van der Waals surface area contributed by atoms with Gasteiger partial charge in [0.05, 0.1) is 13.2 Å². The quantitative estimate of drug-likeness (QED) is 0.930. The number of nitrogens with one attached hydrogen (secondary N) is 1. The Morgan fingerprint density at radius 1 is 1.38 bits per heavy atom. The summed E-state index contributed by atoms with van der Waals surface area (Å²) in [6.07, 6.45) is 4.33. The summed E-state index contributed by atoms with van der Waals surface area (Å²) < 4.78 is 11.2. The van der Waals surface area contributed by atoms with Gasteiger partial charge in [0.25, 0.3) is 0 Å². The van der Waals surface area contributed by atoms with Crippen molar-refractivity contribution in [3.05, 3.63) is 30.0 Å². The summed E-state index contributed by atoms with van der Waals surface area (Å²) in [5, 5.41) is 4.06. The van der Waals surface area contributed by atoms with Gasteiger partial charge in [-0.1, -0.05) is 25.0 Å². The van der Waals surface area contributed by atoms with Crippen LogP contribution in [0.1, 0.15) is 44.4 Å². The molecule has 2 aromatic rings. The van der Waals surface area contributed by atoms with E-state index in [4.69, 9.17) is 9.15 Å². The highest BCUT2D eigenvalue weighted by Crippen LogP contribution is 2.31. The van der Waals surface area contributed by atoms with Crippen molar-refractivity contribution < 1.29 is 13.9 Å². The second-order valence-corrected chi connectivity index (χ2v) is 5.74. The lowest BCUT2D eigenvalue weighted by Gasteiger charge is -2.15. The van der Waals surface area contributed by atoms with Crippen LogP contribution in [-0.2, 0) is 4.79 Å². The van der Waals surface area contributed by atoms with Gasteiger partial charge in [0.1, 0.15) is 5.76 Å². The topological polar surface area (TPSA) is 51.5 Å². The summed E-state index contributed by atoms with van der Waals surface area (Å²) >= 11 is 0. The number of furan rings is 1. The summed E-state index contributed by atoms with van der Waals surface area (Å²) in [5.74, 6) is 1.80. The van der Waals surface area contributed by atoms with Gasteiger partial charge in [-0.2, -0.15) is 0 Å². The number of methoxy groups -OCH3 is 1. The average molecular weight is 287 g/mol. The SMILES string of the molecule is COc1cccc2cc([C@@H](C)NC(=O)C3CCCC3)oc12. The molecule has 21 heavy (non-hydrogen) atoms. The molecule has 1 N–H and O–H groups in total. The molecule has 0 spiro atoms. The molecule has 0 unspecified atom stereocenters. The van der Waals surface area contributed by atoms with Gasteiger partial charge in [-0.05, 0) is 31.9 Å². The van der Waals surface area contributed by atoms with Crippen molar-refractivity contribution in [2.75, 3.05) is 7.11 Å². The normalized spacial score (nSPS) is 17.0. The van der Waals surface area contributed by atoms with E-state index < -0.39 is 0 Å². The van der Waals surface area contributed by atoms with E-state index in [1.807, 2.05) is 31.2 Å². The molecular weight excluding hydrogens is 266 g/mol. The first kappa shape index (κ1) is 14.0. The Balaban J connectivity index is 1.78. The van der Waals surface area contributed by atoms with Crippen molar-refractivity contribution in [3.63, 3.8) is 0 Å². The lowest BCUT2D eigenvalue weighted by atomic mass is 10.1. The third-order valence-corrected chi connectivity index (χ3v) is 4.26. The Hall–Kier alpha value is -1.97. The molecule has 1 heterocycles. The molecule has 1 saturated carbocycles. The van der Waals surface area contributed by atoms with Crippen LogP contribution in [0.2, 0.25) is 0 Å². The number of hydrogen-bond acceptors (Lipinski definition) is 3. The lowest BCUT2D eigenvalue weighted by molar-refractivity contribution is -0.125. The molecule has 1 aliphatic carbocycles. The highest BCUT2D eigenvalue weighted by Gasteiger charge is 2.25. The summed E-state index contributed by atoms with van der Waals surface area (Å²) in [6.45, 7) is 1.96. The van der Waals surface area contributed by atoms with Crippen LogP contribution in [0.15, 0.2) is 28.7 Å². The fourth-order valence-electron chi connectivity index (χ4n) is 3.02. The van der Waals surface area contributed by atoms with Gasteiger partial charge in [-0.15, -0.1) is 0 Å². The van der Waals surface area contributed by atoms with Crippen LogP contribution in [0, 0.1) is 5.92 Å². The van der Waals surface area contributed by atoms with E-state index in [0.29, 0.717) is 5.75 Å². The maximum Gasteiger partial charge on any atom is 0.223 e. The molecule has 4 heteroatoms. The number of amides is 1. The fourth-order valence-corrected chi connectivity index (χ4v) is 3.02. The molecule has 1 amide bonds. The van der Waals surface area contributed by atoms with Crippen LogP contribution in [0.25, 0.3) is 11.0 Å². The minimum Gasteiger partial charge on any atom is -0.493 e. The molecular formula is C17H21NO3. The summed E-state index contributed by atoms with van der Waals surface area (Å²) in [4.78, 5) is 12.2. The maximum absolute atomic E-state index is 12.2. The van der Waals surface area contributed by atoms with E-state index in [-0.39, 0.29) is 17.9 Å². The van der Waals surface area contributed by atoms with Gasteiger partial charge >= 0.3 is 0 Å². The minimum atomic E-state index is -0.129. The van der Waals surface area contributed by atoms with Crippen LogP contribution in [0.3, 0.4) is 0 Å². The maximum atomic E-state index is 12.2. The van der Waals surface area contributed by atoms with Crippen molar-refractivity contribution in [1.29, 1.82) is 0 Å². The molecule has 1 aromatic carbocycles. The van der Waals surface area contributed by atoms with Gasteiger partial charge in [0, 0.05) is 11.3 Å². The monoisotopic (exact) mass is 287 g/mol. The van der Waals surface area contributed by atoms with Gasteiger partial charge in [-0.3, -0.25) is 4.79 Å². The van der Waals surface area contributed by atoms with Crippen LogP contribution in [-0.4, -0.2) is 13.0 Å². The van der Waals surface area contributed by atoms with E-state index in [0.717, 1.165) is 42.4 Å². The number of ether oxygens (including phenoxy) is 1. The third-order valence-electron chi connectivity index (χ3n) is 4.26. The smallest absolute Gasteiger partial charge is 0.223 e. The van der Waals surface area contributed by atoms with Crippen LogP contribution < -0.4 is 10.1 Å². The number of rotatable bonds is 4. The van der Waals surface area contributed by atoms with Crippen molar-refractivity contribution in [2.24, 2.45) is 5.92 Å². The zero-order chi connectivity index (χ0) is 14.8. The first-order valence-corrected chi connectivity index (χ1v) is 7.56. The van der Waals surface area contributed by atoms with Crippen LogP contribution >= 0.6 is 0 Å². The molecule has 3 rings (SSSR count). The predicted octanol–water partition coefficient (Wildman–Crippen LogP) is 3.81. The molecule has 0 bridgehead atoms. The summed E-state index contributed by atoms with van der Waals surface area (Å²) in [7, 11) is 1.63. The Morgan fingerprint density at radius 2 is 2.14 bits per heavy atom. The Morgan fingerprint density at radius 3 is 2.86 bits per heavy atom. The standard InChI is InChI=1S/C17H21NO3/c1-11(18-17(19)12-6-3-4-7-12)15-10-13-8-5-9-14(20-2)16(13)21-15/h5,8-12H,3-4,6-7H2,1-2H3,(H,18,19)/t11-/m1/s1. The second-order valence-electron chi connectivity index (χ2n) is 5.74. The van der Waals surface area contributed by atoms with E-state index in [1.165, 1.54) is 0 Å². The summed E-state index contributed by atoms with van der Waals surface area (Å²) in [6, 6.07) is 7.63. The molecule has 4 nitrogen and oxygen atoms in total. The van der Waals surface area contributed by atoms with Gasteiger partial charge < -0.3 is 14.5 Å². The number of para-hydroxylation sites is 1. The molecule has 1 aliphatic rings. The number of hydrogen-bond donors (Lipinski definition) is 1. The Kier molecular flexibility index (Phi) is 3.86. The van der Waals surface area contributed by atoms with E-state index in [1.54, 1.807) is 7.11 Å². The molecule has 0 aliphatic heterocycles. The number of carbonyl (C=O) groups excluding carboxylic acids is 1. The first-order valence-electron chi connectivity index (χ1n) is 7.56. The van der Waals surface area contributed by atoms with Crippen molar-refractivity contribution in [2.45, 2.75) is 38.6 Å². The highest BCUT2D eigenvalue weighted by molar-refractivity contribution is 5.84. The number of benzene rings is 1. The van der Waals surface area contributed by atoms with E-state index in [2.05, 4.69) is 5.32 Å². The third kappa shape index (κ3) is 2.75. The summed E-state index contributed by atoms with van der Waals surface area (Å²) in [5.41, 5.74) is 0.733. The van der Waals surface area contributed by atoms with Gasteiger partial charge in [0.2, 0.25) is 5.91 Å². The largest absolute Gasteiger partial charge is 0.493 e. The number of carbonyl (C=O) groups is 1. The molecule has 0 radical (unpaired) electrons. The second kappa shape index (κ2) is 5.80. The molecule has 1 aromatic heterocycles. The highest BCUT2D eigenvalue weighted by atomic mass is 16.5. The Bertz CT molecular complexity index is 641. The molecule has 1 fully saturated rings. The van der Waals surface area contributed by atoms with Crippen molar-refractivity contribution in [1.82, 2.24) is 5.32 Å². The van der Waals surface area contributed by atoms with E-state index >= 15 is 0 Å². The zero-order valence-corrected chi connectivity index (χ0v) is 12.5. The fraction of sp³-hybridized carbons (Fsp3) is 0.471. The first-order chi connectivity index (χ1) is 10.2. The van der Waals surface area contributed by atoms with E-state index in [9.17, 15) is 4.79 Å². The Labute approximate surface area is 124 Å². The van der Waals surface area contributed by atoms with Crippen molar-refractivity contribution >= 4 is 16.9 Å². The molecule has 1 atom stereocenters. The van der Waals surface area contributed by atoms with Crippen LogP contribution in [0.4, 0.5) is 0 Å². The minimum absolute atomic E-state index is 0.129. The zero-order valence-electron chi connectivity index (χ0n) is 12.5. The van der Waals surface area contributed by atoms with Crippen LogP contribution in [0.5, 0.6) is 5.75 Å². The van der Waals surface area contributed by atoms with Gasteiger partial charge in [-0.25, -0.2) is 0 Å². The lowest BCUT2D eigenvalue weighted by Crippen LogP contribution is -2.31. The molecule has 112 valence electrons. The van der Waals surface area contributed by atoms with Crippen molar-refractivity contribution in [3.8, 4) is 5.75 Å². The number of fused-ring (bicyclic) bond motifs is 1. The average Bonchev–Trinajstić information content (AvgIpc) is 3.15. The molecule has 0 saturated heterocycles. The van der Waals surface area contributed by atoms with Gasteiger partial charge in [0.15, 0.2) is 11.3 Å². The predicted molar refractivity (Wildman–Crippen MR) is 81.3 cm³/mol.